The van der Waals surface area contributed by atoms with Crippen molar-refractivity contribution >= 4 is 114 Å². The quantitative estimate of drug-likeness (QED) is 0.0219. The largest absolute Gasteiger partial charge is 0.624 e. The number of nitrogens with one attached hydrogen (secondary N) is 3. The number of aryl methyl sites for hydroxylation is 2. The van der Waals surface area contributed by atoms with Crippen LogP contribution in [0.1, 0.15) is 204 Å². The molecule has 0 bridgehead atoms. The lowest BCUT2D eigenvalue weighted by atomic mass is 9.96. The Kier molecular flexibility index (Phi) is 39.6. The van der Waals surface area contributed by atoms with Crippen LogP contribution in [0.25, 0.3) is 0 Å². The van der Waals surface area contributed by atoms with Crippen molar-refractivity contribution in [1.82, 2.24) is 14.2 Å². The Bertz CT molecular complexity index is 7160. The van der Waals surface area contributed by atoms with Crippen LogP contribution in [0, 0.1) is 31.2 Å². The zero-order valence-corrected chi connectivity index (χ0v) is 89.6. The summed E-state index contributed by atoms with van der Waals surface area (Å²) >= 11 is 0. The third kappa shape index (κ3) is 32.4. The van der Waals surface area contributed by atoms with E-state index in [4.69, 9.17) is 0 Å². The molecule has 36 heteroatoms. The van der Waals surface area contributed by atoms with Gasteiger partial charge in [-0.3, -0.25) is 12.9 Å². The maximum Gasteiger partial charge on any atom is 0.265 e. The third-order valence-corrected chi connectivity index (χ3v) is 33.2. The first kappa shape index (κ1) is 115. The Hall–Kier alpha value is -12.8. The second-order valence-electron chi connectivity index (χ2n) is 39.5. The number of rotatable bonds is 24. The van der Waals surface area contributed by atoms with Gasteiger partial charge in [0.1, 0.15) is 14.7 Å². The number of benzene rings is 11. The number of nitrogens with zero attached hydrogens (tertiary/aromatic N) is 9. The molecule has 0 spiro atoms. The van der Waals surface area contributed by atoms with Crippen molar-refractivity contribution in [3.05, 3.63) is 372 Å². The third-order valence-electron chi connectivity index (χ3n) is 22.8. The first-order chi connectivity index (χ1) is 67.5. The van der Waals surface area contributed by atoms with Gasteiger partial charge < -0.3 is 31.2 Å². The highest BCUT2D eigenvalue weighted by Crippen LogP contribution is 2.36. The molecule has 3 aliphatic rings. The predicted octanol–water partition coefficient (Wildman–Crippen LogP) is 18.0. The molecular formula is C108H134N12O18S6. The van der Waals surface area contributed by atoms with Crippen LogP contribution in [0.5, 0.6) is 0 Å². The van der Waals surface area contributed by atoms with Crippen LogP contribution in [0.3, 0.4) is 0 Å². The van der Waals surface area contributed by atoms with Crippen molar-refractivity contribution in [1.29, 1.82) is 0 Å². The van der Waals surface area contributed by atoms with E-state index in [1.807, 2.05) is 115 Å². The molecule has 11 aromatic carbocycles. The first-order valence-corrected chi connectivity index (χ1v) is 55.9. The average molecular weight is 2080 g/mol. The molecule has 770 valence electrons. The second-order valence-corrected chi connectivity index (χ2v) is 50.3. The molecule has 30 nitrogen and oxygen atoms in total. The van der Waals surface area contributed by atoms with Gasteiger partial charge in [0.25, 0.3) is 30.1 Å². The maximum atomic E-state index is 13.5. The number of fused-ring (bicyclic) bond motifs is 2. The van der Waals surface area contributed by atoms with E-state index >= 15 is 0 Å². The molecule has 3 N–H and O–H groups in total. The van der Waals surface area contributed by atoms with Crippen LogP contribution in [0.4, 0.5) is 17.1 Å². The lowest BCUT2D eigenvalue weighted by molar-refractivity contribution is -0.531. The lowest BCUT2D eigenvalue weighted by Gasteiger charge is -2.30. The second kappa shape index (κ2) is 49.7. The highest BCUT2D eigenvalue weighted by atomic mass is 32.2. The van der Waals surface area contributed by atoms with Crippen molar-refractivity contribution in [3.8, 4) is 0 Å². The monoisotopic (exact) mass is 2080 g/mol. The molecule has 0 unspecified atom stereocenters. The molecule has 0 amide bonds. The fraction of sp³-hybridized carbons (Fsp3) is 0.333. The normalized spacial score (nSPS) is 14.7. The molecule has 0 saturated heterocycles. The van der Waals surface area contributed by atoms with Crippen LogP contribution in [0.15, 0.2) is 314 Å². The standard InChI is InChI=1S/C22H26N2O3S.C21H20N2O3S.C20H24N2O3S.C18H22N2O3S.C15H24N2O3S.C12H18N2O3S/c25-23(20-12-2-1-3-13-20)17-19-10-5-7-15-22(19)28(26,27)24-16-8-11-18-9-4-6-14-21(18)24;1-22(20-13-6-3-7-14-20)27(25,26)21-15-9-8-12-19(21)17-23(24)16-18-10-4-2-5-11-18;1-20(2,3)22(23)15-17-10-5-7-13-19(17)26(24,25)21-14-8-11-16-9-4-6-12-18(16)21;1-18(2,3)20(21)14-16-11-7-8-12-17(16)24(22,23)19-13-15-9-5-4-6-10-15;1-14(2,3)16-21(19,20)13-10-8-7-9-12(13)11-17(18)15(4,5)6;1-12(2,3)14(15)9-10-7-5-6-8-11(10)18(16,17)13-4/h4-7,9-10,14-15,17,20H,1-3,8,11-13,16H2;2-15,17H,16H2,1H3;4-7,9-10,12-13,15H,8,11,14H2,1-3H3;4-12,14,19H,13H2,1-3H3;7-11,16H,1-6H3;5-9,13H,1-4H3/b2*23-17-;22-15-;20-14-;17-11-;14-9-. The van der Waals surface area contributed by atoms with Crippen LogP contribution >= 0.6 is 0 Å². The van der Waals surface area contributed by atoms with E-state index in [9.17, 15) is 81.8 Å². The van der Waals surface area contributed by atoms with Gasteiger partial charge >= 0.3 is 0 Å². The van der Waals surface area contributed by atoms with Crippen molar-refractivity contribution in [2.45, 2.75) is 238 Å². The number of para-hydroxylation sites is 3. The van der Waals surface area contributed by atoms with E-state index < -0.39 is 87.8 Å². The number of hydroxylamine groups is 6. The molecule has 0 radical (unpaired) electrons. The van der Waals surface area contributed by atoms with Gasteiger partial charge in [0.15, 0.2) is 72.0 Å². The summed E-state index contributed by atoms with van der Waals surface area (Å²) in [5.74, 6) is 0. The molecule has 14 rings (SSSR count). The van der Waals surface area contributed by atoms with Crippen molar-refractivity contribution in [3.63, 3.8) is 0 Å². The summed E-state index contributed by atoms with van der Waals surface area (Å²) in [6, 6.07) is 81.8. The molecule has 2 heterocycles. The number of anilines is 3. The van der Waals surface area contributed by atoms with Gasteiger partial charge in [-0.15, -0.1) is 0 Å². The van der Waals surface area contributed by atoms with Crippen LogP contribution in [-0.2, 0) is 86.1 Å². The molecule has 0 atom stereocenters. The summed E-state index contributed by atoms with van der Waals surface area (Å²) in [5.41, 5.74) is 5.02. The summed E-state index contributed by atoms with van der Waals surface area (Å²) in [7, 11) is -19.5. The molecule has 2 aliphatic heterocycles. The van der Waals surface area contributed by atoms with E-state index in [-0.39, 0.29) is 48.5 Å². The molecule has 11 aromatic rings. The molecule has 144 heavy (non-hydrogen) atoms. The van der Waals surface area contributed by atoms with E-state index in [0.717, 1.165) is 113 Å². The van der Waals surface area contributed by atoms with Gasteiger partial charge in [0.2, 0.25) is 30.1 Å². The summed E-state index contributed by atoms with van der Waals surface area (Å²) in [6.45, 7) is 27.8. The lowest BCUT2D eigenvalue weighted by Crippen LogP contribution is -2.41. The van der Waals surface area contributed by atoms with Crippen LogP contribution in [-0.4, -0.2) is 177 Å². The van der Waals surface area contributed by atoms with E-state index in [0.29, 0.717) is 52.2 Å². The molecule has 1 aliphatic carbocycles. The maximum absolute atomic E-state index is 13.5. The first-order valence-electron chi connectivity index (χ1n) is 47.2. The van der Waals surface area contributed by atoms with E-state index in [1.54, 1.807) is 249 Å². The smallest absolute Gasteiger partial charge is 0.265 e. The Morgan fingerprint density at radius 1 is 0.340 bits per heavy atom. The van der Waals surface area contributed by atoms with Gasteiger partial charge in [-0.2, -0.15) is 0 Å². The zero-order valence-electron chi connectivity index (χ0n) is 84.7. The fourth-order valence-electron chi connectivity index (χ4n) is 14.9. The predicted molar refractivity (Wildman–Crippen MR) is 575 cm³/mol. The van der Waals surface area contributed by atoms with Gasteiger partial charge in [0, 0.05) is 134 Å². The fourth-order valence-corrected chi connectivity index (χ4v) is 23.4. The Labute approximate surface area is 851 Å². The van der Waals surface area contributed by atoms with E-state index in [2.05, 4.69) is 14.2 Å². The zero-order chi connectivity index (χ0) is 106. The van der Waals surface area contributed by atoms with Crippen molar-refractivity contribution in [2.75, 3.05) is 40.1 Å². The molecular weight excluding hydrogens is 1950 g/mol. The Balaban J connectivity index is 0.000000194. The Morgan fingerprint density at radius 2 is 0.646 bits per heavy atom. The minimum Gasteiger partial charge on any atom is -0.624 e. The number of hydrogen-bond acceptors (Lipinski definition) is 18. The molecule has 1 saturated carbocycles. The minimum atomic E-state index is -3.80. The molecule has 1 fully saturated rings. The van der Waals surface area contributed by atoms with Gasteiger partial charge in [-0.05, 0) is 180 Å². The summed E-state index contributed by atoms with van der Waals surface area (Å²) in [5, 5.41) is 73.4. The SMILES string of the molecule is CC(C)(C)/[N+]([O-])=C/c1ccccc1S(=O)(=O)N1CCCc2ccccc21.CC(C)(C)/[N+]([O-])=C/c1ccccc1S(=O)(=O)NCc1ccccc1.CC(C)(C)NS(=O)(=O)c1ccccc1/C=[N+](\[O-])C(C)(C)C.CN(c1ccccc1)S(=O)(=O)c1ccccc1/C=[N+](\[O-])Cc1ccccc1.CNS(=O)(=O)c1ccccc1/C=[N+](\[O-])C(C)(C)C.O=S(=O)(c1ccccc1/C=[N+](\[O-])C1CCCCC1)N1CCCc2ccccc21. The topological polar surface area (TPSA) is 407 Å². The highest BCUT2D eigenvalue weighted by Gasteiger charge is 2.36. The average Bonchev–Trinajstić information content (AvgIpc) is 0.766. The van der Waals surface area contributed by atoms with Gasteiger partial charge in [-0.1, -0.05) is 194 Å². The van der Waals surface area contributed by atoms with Gasteiger partial charge in [-0.25, -0.2) is 93.1 Å². The molecule has 0 aromatic heterocycles. The Morgan fingerprint density at radius 3 is 1.02 bits per heavy atom. The summed E-state index contributed by atoms with van der Waals surface area (Å²) < 4.78 is 170. The summed E-state index contributed by atoms with van der Waals surface area (Å²) in [6.07, 6.45) is 16.4. The van der Waals surface area contributed by atoms with Crippen LogP contribution < -0.4 is 27.1 Å². The highest BCUT2D eigenvalue weighted by molar-refractivity contribution is 7.93. The minimum absolute atomic E-state index is 0.0553. The van der Waals surface area contributed by atoms with Crippen LogP contribution in [0.2, 0.25) is 0 Å². The number of sulfonamides is 6. The van der Waals surface area contributed by atoms with Crippen molar-refractivity contribution < 1.29 is 78.9 Å². The number of hydrogen-bond donors (Lipinski definition) is 3. The van der Waals surface area contributed by atoms with E-state index in [1.165, 1.54) is 95.0 Å². The van der Waals surface area contributed by atoms with Crippen molar-refractivity contribution in [2.24, 2.45) is 0 Å². The summed E-state index contributed by atoms with van der Waals surface area (Å²) in [4.78, 5) is 0.726. The van der Waals surface area contributed by atoms with Gasteiger partial charge in [0.05, 0.1) is 65.1 Å².